The van der Waals surface area contributed by atoms with Crippen molar-refractivity contribution in [3.8, 4) is 0 Å². The van der Waals surface area contributed by atoms with Crippen LogP contribution in [0.1, 0.15) is 26.7 Å². The lowest BCUT2D eigenvalue weighted by molar-refractivity contribution is -0.384. The Hall–Kier alpha value is -2.69. The molecule has 1 heterocycles. The minimum absolute atomic E-state index is 0.0453. The second-order valence-corrected chi connectivity index (χ2v) is 8.72. The van der Waals surface area contributed by atoms with Gasteiger partial charge in [0.1, 0.15) is 6.04 Å². The maximum absolute atomic E-state index is 13.0. The van der Waals surface area contributed by atoms with Crippen LogP contribution in [0.3, 0.4) is 0 Å². The van der Waals surface area contributed by atoms with E-state index in [2.05, 4.69) is 0 Å². The van der Waals surface area contributed by atoms with Crippen molar-refractivity contribution in [3.63, 3.8) is 0 Å². The van der Waals surface area contributed by atoms with Gasteiger partial charge in [0.05, 0.1) is 29.4 Å². The highest BCUT2D eigenvalue weighted by atomic mass is 32.2. The minimum Gasteiger partial charge on any atom is -0.466 e. The Balaban J connectivity index is 2.19. The van der Waals surface area contributed by atoms with Gasteiger partial charge >= 0.3 is 5.97 Å². The van der Waals surface area contributed by atoms with Crippen molar-refractivity contribution in [1.82, 2.24) is 4.90 Å². The van der Waals surface area contributed by atoms with Gasteiger partial charge in [-0.1, -0.05) is 6.07 Å². The number of nitrogens with zero attached hydrogens (tertiary/aromatic N) is 3. The maximum atomic E-state index is 13.0. The number of benzene rings is 1. The van der Waals surface area contributed by atoms with E-state index in [1.165, 1.54) is 30.0 Å². The van der Waals surface area contributed by atoms with Crippen LogP contribution in [-0.4, -0.2) is 62.1 Å². The summed E-state index contributed by atoms with van der Waals surface area (Å²) in [5.41, 5.74) is -0.227. The molecule has 1 fully saturated rings. The fraction of sp³-hybridized carbons (Fsp3) is 0.556. The summed E-state index contributed by atoms with van der Waals surface area (Å²) in [6, 6.07) is 4.05. The van der Waals surface area contributed by atoms with Crippen LogP contribution in [0.15, 0.2) is 24.3 Å². The molecule has 1 aromatic rings. The number of nitro benzene ring substituents is 1. The van der Waals surface area contributed by atoms with Crippen molar-refractivity contribution < 1.29 is 27.7 Å². The molecule has 11 heteroatoms. The zero-order chi connectivity index (χ0) is 21.8. The van der Waals surface area contributed by atoms with Crippen LogP contribution in [0.5, 0.6) is 0 Å². The van der Waals surface area contributed by atoms with Crippen molar-refractivity contribution in [2.24, 2.45) is 5.92 Å². The third kappa shape index (κ3) is 5.43. The third-order valence-corrected chi connectivity index (χ3v) is 6.03. The molecule has 2 rings (SSSR count). The molecule has 1 atom stereocenters. The Bertz CT molecular complexity index is 879. The summed E-state index contributed by atoms with van der Waals surface area (Å²) in [6.45, 7) is 4.07. The molecule has 10 nitrogen and oxygen atoms in total. The Morgan fingerprint density at radius 3 is 2.48 bits per heavy atom. The summed E-state index contributed by atoms with van der Waals surface area (Å²) < 4.78 is 30.7. The number of esters is 1. The molecule has 0 unspecified atom stereocenters. The molecule has 0 aromatic heterocycles. The number of sulfonamides is 1. The SMILES string of the molecule is CCOC(=O)C1CCN(C(=O)[C@@H](C)N(c2cccc([N+](=O)[O-])c2)S(C)(=O)=O)CC1. The summed E-state index contributed by atoms with van der Waals surface area (Å²) in [4.78, 5) is 36.7. The van der Waals surface area contributed by atoms with Crippen molar-refractivity contribution >= 4 is 33.3 Å². The number of amides is 1. The number of hydrogen-bond acceptors (Lipinski definition) is 7. The standard InChI is InChI=1S/C18H25N3O7S/c1-4-28-18(23)14-8-10-19(11-9-14)17(22)13(2)20(29(3,26)27)15-6-5-7-16(12-15)21(24)25/h5-7,12-14H,4,8-11H2,1-3H3/t13-/m1/s1. The van der Waals surface area contributed by atoms with E-state index in [1.54, 1.807) is 6.92 Å². The van der Waals surface area contributed by atoms with Gasteiger partial charge in [-0.2, -0.15) is 0 Å². The first kappa shape index (κ1) is 22.6. The van der Waals surface area contributed by atoms with E-state index in [0.717, 1.165) is 16.6 Å². The van der Waals surface area contributed by atoms with Gasteiger partial charge in [-0.05, 0) is 32.8 Å². The van der Waals surface area contributed by atoms with E-state index in [4.69, 9.17) is 4.74 Å². The monoisotopic (exact) mass is 427 g/mol. The van der Waals surface area contributed by atoms with Crippen LogP contribution >= 0.6 is 0 Å². The molecule has 1 aliphatic rings. The van der Waals surface area contributed by atoms with E-state index in [1.807, 2.05) is 0 Å². The first-order valence-electron chi connectivity index (χ1n) is 9.25. The summed E-state index contributed by atoms with van der Waals surface area (Å²) in [7, 11) is -3.89. The third-order valence-electron chi connectivity index (χ3n) is 4.79. The second-order valence-electron chi connectivity index (χ2n) is 6.86. The molecule has 0 radical (unpaired) electrons. The Morgan fingerprint density at radius 2 is 1.97 bits per heavy atom. The van der Waals surface area contributed by atoms with Gasteiger partial charge in [0, 0.05) is 25.2 Å². The zero-order valence-corrected chi connectivity index (χ0v) is 17.4. The molecule has 0 bridgehead atoms. The molecule has 29 heavy (non-hydrogen) atoms. The highest BCUT2D eigenvalue weighted by molar-refractivity contribution is 7.92. The van der Waals surface area contributed by atoms with E-state index < -0.39 is 26.9 Å². The number of piperidine rings is 1. The minimum atomic E-state index is -3.89. The number of carbonyl (C=O) groups excluding carboxylic acids is 2. The Labute approximate surface area is 169 Å². The highest BCUT2D eigenvalue weighted by Crippen LogP contribution is 2.27. The van der Waals surface area contributed by atoms with Crippen molar-refractivity contribution in [2.75, 3.05) is 30.3 Å². The van der Waals surface area contributed by atoms with E-state index in [-0.39, 0.29) is 23.3 Å². The zero-order valence-electron chi connectivity index (χ0n) is 16.6. The van der Waals surface area contributed by atoms with Gasteiger partial charge in [0.2, 0.25) is 15.9 Å². The van der Waals surface area contributed by atoms with Crippen LogP contribution in [0.25, 0.3) is 0 Å². The van der Waals surface area contributed by atoms with Crippen LogP contribution < -0.4 is 4.31 Å². The van der Waals surface area contributed by atoms with E-state index in [0.29, 0.717) is 32.5 Å². The predicted molar refractivity (Wildman–Crippen MR) is 106 cm³/mol. The van der Waals surface area contributed by atoms with Gasteiger partial charge in [0.25, 0.3) is 5.69 Å². The number of non-ortho nitro benzene ring substituents is 1. The summed E-state index contributed by atoms with van der Waals surface area (Å²) in [5.74, 6) is -0.997. The van der Waals surface area contributed by atoms with Crippen molar-refractivity contribution in [2.45, 2.75) is 32.7 Å². The molecule has 1 aliphatic heterocycles. The van der Waals surface area contributed by atoms with Crippen LogP contribution in [0.2, 0.25) is 0 Å². The van der Waals surface area contributed by atoms with Crippen molar-refractivity contribution in [3.05, 3.63) is 34.4 Å². The smallest absolute Gasteiger partial charge is 0.309 e. The lowest BCUT2D eigenvalue weighted by Gasteiger charge is -2.36. The quantitative estimate of drug-likeness (QED) is 0.367. The lowest BCUT2D eigenvalue weighted by atomic mass is 9.96. The number of ether oxygens (including phenoxy) is 1. The number of carbonyl (C=O) groups is 2. The first-order valence-corrected chi connectivity index (χ1v) is 11.1. The normalized spacial score (nSPS) is 16.2. The van der Waals surface area contributed by atoms with E-state index >= 15 is 0 Å². The van der Waals surface area contributed by atoms with Gasteiger partial charge in [0.15, 0.2) is 0 Å². The molecular weight excluding hydrogens is 402 g/mol. The van der Waals surface area contributed by atoms with Gasteiger partial charge in [-0.3, -0.25) is 24.0 Å². The molecule has 160 valence electrons. The Morgan fingerprint density at radius 1 is 1.34 bits per heavy atom. The largest absolute Gasteiger partial charge is 0.466 e. The van der Waals surface area contributed by atoms with Gasteiger partial charge in [-0.25, -0.2) is 8.42 Å². The molecule has 1 aromatic carbocycles. The molecule has 0 N–H and O–H groups in total. The number of hydrogen-bond donors (Lipinski definition) is 0. The summed E-state index contributed by atoms with van der Waals surface area (Å²) in [6.07, 6.45) is 1.82. The number of rotatable bonds is 7. The average molecular weight is 427 g/mol. The number of nitro groups is 1. The summed E-state index contributed by atoms with van der Waals surface area (Å²) in [5, 5.41) is 11.0. The molecule has 1 saturated heterocycles. The molecular formula is C18H25N3O7S. The second kappa shape index (κ2) is 9.21. The van der Waals surface area contributed by atoms with E-state index in [9.17, 15) is 28.1 Å². The fourth-order valence-electron chi connectivity index (χ4n) is 3.41. The van der Waals surface area contributed by atoms with Crippen molar-refractivity contribution in [1.29, 1.82) is 0 Å². The van der Waals surface area contributed by atoms with Gasteiger partial charge in [-0.15, -0.1) is 0 Å². The topological polar surface area (TPSA) is 127 Å². The lowest BCUT2D eigenvalue weighted by Crippen LogP contribution is -2.51. The van der Waals surface area contributed by atoms with Gasteiger partial charge < -0.3 is 9.64 Å². The molecule has 0 aliphatic carbocycles. The van der Waals surface area contributed by atoms with Crippen LogP contribution in [-0.2, 0) is 24.3 Å². The predicted octanol–water partition coefficient (Wildman–Crippen LogP) is 1.55. The molecule has 0 saturated carbocycles. The molecule has 0 spiro atoms. The number of anilines is 1. The highest BCUT2D eigenvalue weighted by Gasteiger charge is 2.35. The van der Waals surface area contributed by atoms with Crippen LogP contribution in [0, 0.1) is 16.0 Å². The first-order chi connectivity index (χ1) is 13.6. The Kier molecular flexibility index (Phi) is 7.17. The number of likely N-dealkylation sites (tertiary alicyclic amines) is 1. The van der Waals surface area contributed by atoms with Crippen LogP contribution in [0.4, 0.5) is 11.4 Å². The average Bonchev–Trinajstić information content (AvgIpc) is 2.67. The molecule has 1 amide bonds. The maximum Gasteiger partial charge on any atom is 0.309 e. The summed E-state index contributed by atoms with van der Waals surface area (Å²) >= 11 is 0. The fourth-order valence-corrected chi connectivity index (χ4v) is 4.57.